The fourth-order valence-electron chi connectivity index (χ4n) is 1.88. The quantitative estimate of drug-likeness (QED) is 0.888. The van der Waals surface area contributed by atoms with Crippen LogP contribution in [0.15, 0.2) is 40.2 Å². The van der Waals surface area contributed by atoms with Gasteiger partial charge in [0, 0.05) is 14.7 Å². The molecule has 1 heterocycles. The van der Waals surface area contributed by atoms with Crippen molar-refractivity contribution < 1.29 is 4.74 Å². The van der Waals surface area contributed by atoms with Crippen LogP contribution < -0.4 is 10.1 Å². The predicted molar refractivity (Wildman–Crippen MR) is 80.5 cm³/mol. The Balaban J connectivity index is 2.22. The molecule has 0 radical (unpaired) electrons. The fraction of sp³-hybridized carbons (Fsp3) is 0.286. The van der Waals surface area contributed by atoms with Crippen LogP contribution >= 0.6 is 27.3 Å². The SMILES string of the molecule is CCOc1ccc(C(NC)c2cc(Br)cs2)cc1. The summed E-state index contributed by atoms with van der Waals surface area (Å²) >= 11 is 5.25. The first-order valence-electron chi connectivity index (χ1n) is 5.88. The van der Waals surface area contributed by atoms with E-state index in [1.54, 1.807) is 11.3 Å². The van der Waals surface area contributed by atoms with Crippen LogP contribution in [0.25, 0.3) is 0 Å². The van der Waals surface area contributed by atoms with Gasteiger partial charge in [-0.3, -0.25) is 0 Å². The molecule has 2 nitrogen and oxygen atoms in total. The third-order valence-corrected chi connectivity index (χ3v) is 4.44. The van der Waals surface area contributed by atoms with Gasteiger partial charge in [-0.15, -0.1) is 11.3 Å². The summed E-state index contributed by atoms with van der Waals surface area (Å²) in [5, 5.41) is 5.45. The van der Waals surface area contributed by atoms with E-state index in [1.165, 1.54) is 10.4 Å². The molecule has 1 aromatic carbocycles. The van der Waals surface area contributed by atoms with Gasteiger partial charge < -0.3 is 10.1 Å². The van der Waals surface area contributed by atoms with E-state index in [1.807, 2.05) is 26.1 Å². The van der Waals surface area contributed by atoms with Crippen molar-refractivity contribution in [3.8, 4) is 5.75 Å². The molecule has 2 aromatic rings. The number of ether oxygens (including phenoxy) is 1. The Labute approximate surface area is 120 Å². The molecule has 18 heavy (non-hydrogen) atoms. The summed E-state index contributed by atoms with van der Waals surface area (Å²) < 4.78 is 6.59. The molecule has 4 heteroatoms. The summed E-state index contributed by atoms with van der Waals surface area (Å²) in [6.45, 7) is 2.69. The van der Waals surface area contributed by atoms with Gasteiger partial charge in [-0.25, -0.2) is 0 Å². The Morgan fingerprint density at radius 3 is 2.56 bits per heavy atom. The van der Waals surface area contributed by atoms with Crippen molar-refractivity contribution in [1.82, 2.24) is 5.32 Å². The zero-order valence-electron chi connectivity index (χ0n) is 10.4. The van der Waals surface area contributed by atoms with Gasteiger partial charge in [0.25, 0.3) is 0 Å². The van der Waals surface area contributed by atoms with Crippen LogP contribution in [0.2, 0.25) is 0 Å². The molecule has 0 aliphatic rings. The lowest BCUT2D eigenvalue weighted by molar-refractivity contribution is 0.340. The van der Waals surface area contributed by atoms with Gasteiger partial charge in [0.15, 0.2) is 0 Å². The van der Waals surface area contributed by atoms with E-state index in [0.29, 0.717) is 6.61 Å². The molecular formula is C14H16BrNOS. The van der Waals surface area contributed by atoms with E-state index in [9.17, 15) is 0 Å². The summed E-state index contributed by atoms with van der Waals surface area (Å²) in [6, 6.07) is 10.6. The first-order valence-corrected chi connectivity index (χ1v) is 7.55. The zero-order valence-corrected chi connectivity index (χ0v) is 12.8. The molecule has 0 spiro atoms. The molecule has 2 rings (SSSR count). The maximum absolute atomic E-state index is 5.46. The highest BCUT2D eigenvalue weighted by molar-refractivity contribution is 9.10. The third-order valence-electron chi connectivity index (χ3n) is 2.69. The molecule has 0 bridgehead atoms. The second-order valence-corrected chi connectivity index (χ2v) is 5.75. The van der Waals surface area contributed by atoms with Crippen molar-refractivity contribution in [2.75, 3.05) is 13.7 Å². The van der Waals surface area contributed by atoms with E-state index >= 15 is 0 Å². The molecule has 0 saturated carbocycles. The molecule has 0 amide bonds. The Kier molecular flexibility index (Phi) is 4.80. The van der Waals surface area contributed by atoms with Gasteiger partial charge in [-0.05, 0) is 53.7 Å². The minimum absolute atomic E-state index is 0.233. The van der Waals surface area contributed by atoms with Crippen LogP contribution in [0.4, 0.5) is 0 Å². The van der Waals surface area contributed by atoms with Crippen LogP contribution in [0.1, 0.15) is 23.4 Å². The second kappa shape index (κ2) is 6.36. The Bertz CT molecular complexity index is 495. The van der Waals surface area contributed by atoms with Crippen molar-refractivity contribution in [3.05, 3.63) is 50.6 Å². The van der Waals surface area contributed by atoms with E-state index in [0.717, 1.165) is 10.2 Å². The van der Waals surface area contributed by atoms with E-state index in [2.05, 4.69) is 44.8 Å². The highest BCUT2D eigenvalue weighted by Gasteiger charge is 2.13. The molecule has 1 aromatic heterocycles. The van der Waals surface area contributed by atoms with Crippen molar-refractivity contribution >= 4 is 27.3 Å². The van der Waals surface area contributed by atoms with E-state index in [-0.39, 0.29) is 6.04 Å². The molecule has 1 atom stereocenters. The summed E-state index contributed by atoms with van der Waals surface area (Å²) in [7, 11) is 1.98. The summed E-state index contributed by atoms with van der Waals surface area (Å²) in [5.41, 5.74) is 1.25. The fourth-order valence-corrected chi connectivity index (χ4v) is 3.46. The first kappa shape index (κ1) is 13.6. The molecule has 0 saturated heterocycles. The second-order valence-electron chi connectivity index (χ2n) is 3.89. The summed E-state index contributed by atoms with van der Waals surface area (Å²) in [4.78, 5) is 1.30. The number of halogens is 1. The van der Waals surface area contributed by atoms with Gasteiger partial charge in [-0.2, -0.15) is 0 Å². The van der Waals surface area contributed by atoms with Crippen LogP contribution in [-0.4, -0.2) is 13.7 Å². The Hall–Kier alpha value is -0.840. The zero-order chi connectivity index (χ0) is 13.0. The minimum Gasteiger partial charge on any atom is -0.494 e. The maximum Gasteiger partial charge on any atom is 0.119 e. The highest BCUT2D eigenvalue weighted by atomic mass is 79.9. The lowest BCUT2D eigenvalue weighted by atomic mass is 10.1. The number of rotatable bonds is 5. The average molecular weight is 326 g/mol. The van der Waals surface area contributed by atoms with Crippen molar-refractivity contribution in [1.29, 1.82) is 0 Å². The molecular weight excluding hydrogens is 310 g/mol. The highest BCUT2D eigenvalue weighted by Crippen LogP contribution is 2.30. The molecule has 1 unspecified atom stereocenters. The van der Waals surface area contributed by atoms with Gasteiger partial charge in [0.1, 0.15) is 5.75 Å². The van der Waals surface area contributed by atoms with Crippen molar-refractivity contribution in [3.63, 3.8) is 0 Å². The third kappa shape index (κ3) is 3.13. The largest absolute Gasteiger partial charge is 0.494 e. The van der Waals surface area contributed by atoms with Crippen LogP contribution in [0.3, 0.4) is 0 Å². The van der Waals surface area contributed by atoms with Crippen LogP contribution in [0, 0.1) is 0 Å². The molecule has 0 fully saturated rings. The Morgan fingerprint density at radius 2 is 2.06 bits per heavy atom. The normalized spacial score (nSPS) is 12.4. The lowest BCUT2D eigenvalue weighted by Gasteiger charge is -2.15. The lowest BCUT2D eigenvalue weighted by Crippen LogP contribution is -2.16. The maximum atomic E-state index is 5.46. The average Bonchev–Trinajstić information content (AvgIpc) is 2.79. The van der Waals surface area contributed by atoms with E-state index < -0.39 is 0 Å². The smallest absolute Gasteiger partial charge is 0.119 e. The number of hydrogen-bond acceptors (Lipinski definition) is 3. The van der Waals surface area contributed by atoms with Crippen LogP contribution in [-0.2, 0) is 0 Å². The van der Waals surface area contributed by atoms with Gasteiger partial charge in [0.2, 0.25) is 0 Å². The predicted octanol–water partition coefficient (Wildman–Crippen LogP) is 4.22. The minimum atomic E-state index is 0.233. The first-order chi connectivity index (χ1) is 8.74. The molecule has 96 valence electrons. The number of thiophene rings is 1. The molecule has 0 aliphatic heterocycles. The number of hydrogen-bond donors (Lipinski definition) is 1. The Morgan fingerprint density at radius 1 is 1.33 bits per heavy atom. The van der Waals surface area contributed by atoms with Gasteiger partial charge in [0.05, 0.1) is 12.6 Å². The van der Waals surface area contributed by atoms with E-state index in [4.69, 9.17) is 4.74 Å². The van der Waals surface area contributed by atoms with Crippen molar-refractivity contribution in [2.45, 2.75) is 13.0 Å². The topological polar surface area (TPSA) is 21.3 Å². The summed E-state index contributed by atoms with van der Waals surface area (Å²) in [5.74, 6) is 0.920. The van der Waals surface area contributed by atoms with Gasteiger partial charge in [-0.1, -0.05) is 12.1 Å². The van der Waals surface area contributed by atoms with Crippen LogP contribution in [0.5, 0.6) is 5.75 Å². The van der Waals surface area contributed by atoms with Gasteiger partial charge >= 0.3 is 0 Å². The summed E-state index contributed by atoms with van der Waals surface area (Å²) in [6.07, 6.45) is 0. The number of benzene rings is 1. The monoisotopic (exact) mass is 325 g/mol. The molecule has 1 N–H and O–H groups in total. The standard InChI is InChI=1S/C14H16BrNOS/c1-3-17-12-6-4-10(5-7-12)14(16-2)13-8-11(15)9-18-13/h4-9,14,16H,3H2,1-2H3. The van der Waals surface area contributed by atoms with Crippen molar-refractivity contribution in [2.24, 2.45) is 0 Å². The number of nitrogens with one attached hydrogen (secondary N) is 1. The molecule has 0 aliphatic carbocycles.